The number of anilines is 1. The Balaban J connectivity index is 1.50. The SMILES string of the molecule is Cc1cc(C(=O)N2CCn3nc(C(=O)Nc4ccccc4)cc3C2)cc(=O)[nH]1. The van der Waals surface area contributed by atoms with Crippen LogP contribution in [0.2, 0.25) is 0 Å². The number of rotatable bonds is 3. The molecule has 0 aliphatic carbocycles. The summed E-state index contributed by atoms with van der Waals surface area (Å²) < 4.78 is 1.74. The van der Waals surface area contributed by atoms with Gasteiger partial charge in [0.15, 0.2) is 5.69 Å². The van der Waals surface area contributed by atoms with Gasteiger partial charge in [-0.2, -0.15) is 5.10 Å². The number of H-pyrrole nitrogens is 1. The second kappa shape index (κ2) is 7.15. The number of pyridine rings is 1. The molecule has 0 bridgehead atoms. The summed E-state index contributed by atoms with van der Waals surface area (Å²) in [6.07, 6.45) is 0. The molecule has 0 saturated heterocycles. The largest absolute Gasteiger partial charge is 0.331 e. The minimum Gasteiger partial charge on any atom is -0.331 e. The van der Waals surface area contributed by atoms with Crippen molar-refractivity contribution in [3.05, 3.63) is 81.5 Å². The fraction of sp³-hybridized carbons (Fsp3) is 0.200. The molecule has 8 heteroatoms. The highest BCUT2D eigenvalue weighted by molar-refractivity contribution is 6.03. The molecule has 0 fully saturated rings. The Kier molecular flexibility index (Phi) is 4.52. The van der Waals surface area contributed by atoms with Crippen molar-refractivity contribution < 1.29 is 9.59 Å². The zero-order valence-electron chi connectivity index (χ0n) is 15.3. The van der Waals surface area contributed by atoms with Gasteiger partial charge in [0.25, 0.3) is 11.8 Å². The van der Waals surface area contributed by atoms with Crippen molar-refractivity contribution in [2.45, 2.75) is 20.0 Å². The lowest BCUT2D eigenvalue weighted by atomic mass is 10.2. The molecule has 8 nitrogen and oxygen atoms in total. The average molecular weight is 377 g/mol. The van der Waals surface area contributed by atoms with E-state index in [0.29, 0.717) is 42.3 Å². The zero-order valence-corrected chi connectivity index (χ0v) is 15.3. The van der Waals surface area contributed by atoms with Crippen molar-refractivity contribution in [3.63, 3.8) is 0 Å². The van der Waals surface area contributed by atoms with Gasteiger partial charge in [0.05, 0.1) is 18.8 Å². The molecule has 2 amide bonds. The lowest BCUT2D eigenvalue weighted by molar-refractivity contribution is 0.0705. The fourth-order valence-corrected chi connectivity index (χ4v) is 3.26. The minimum absolute atomic E-state index is 0.211. The van der Waals surface area contributed by atoms with Crippen LogP contribution in [0.3, 0.4) is 0 Å². The number of aryl methyl sites for hydroxylation is 1. The van der Waals surface area contributed by atoms with Crippen LogP contribution in [0, 0.1) is 6.92 Å². The van der Waals surface area contributed by atoms with Gasteiger partial charge < -0.3 is 15.2 Å². The number of aromatic nitrogens is 3. The maximum absolute atomic E-state index is 12.8. The summed E-state index contributed by atoms with van der Waals surface area (Å²) in [4.78, 5) is 41.1. The predicted octanol–water partition coefficient (Wildman–Crippen LogP) is 1.79. The van der Waals surface area contributed by atoms with E-state index < -0.39 is 0 Å². The van der Waals surface area contributed by atoms with Gasteiger partial charge in [-0.1, -0.05) is 18.2 Å². The summed E-state index contributed by atoms with van der Waals surface area (Å²) in [6, 6.07) is 13.8. The van der Waals surface area contributed by atoms with Gasteiger partial charge >= 0.3 is 0 Å². The molecule has 4 rings (SSSR count). The third-order valence-electron chi connectivity index (χ3n) is 4.58. The predicted molar refractivity (Wildman–Crippen MR) is 103 cm³/mol. The van der Waals surface area contributed by atoms with E-state index in [1.165, 1.54) is 6.07 Å². The highest BCUT2D eigenvalue weighted by atomic mass is 16.2. The highest BCUT2D eigenvalue weighted by Gasteiger charge is 2.25. The second-order valence-corrected chi connectivity index (χ2v) is 6.71. The Labute approximate surface area is 160 Å². The van der Waals surface area contributed by atoms with Crippen molar-refractivity contribution in [1.29, 1.82) is 0 Å². The molecule has 0 radical (unpaired) electrons. The molecular formula is C20H19N5O3. The molecule has 0 atom stereocenters. The second-order valence-electron chi connectivity index (χ2n) is 6.71. The van der Waals surface area contributed by atoms with Crippen LogP contribution in [0.15, 0.2) is 53.3 Å². The van der Waals surface area contributed by atoms with Gasteiger partial charge in [0.2, 0.25) is 5.56 Å². The number of para-hydroxylation sites is 1. The van der Waals surface area contributed by atoms with Crippen molar-refractivity contribution >= 4 is 17.5 Å². The molecule has 1 aliphatic rings. The third-order valence-corrected chi connectivity index (χ3v) is 4.58. The van der Waals surface area contributed by atoms with Crippen LogP contribution in [0.4, 0.5) is 5.69 Å². The molecule has 3 aromatic rings. The summed E-state index contributed by atoms with van der Waals surface area (Å²) in [5.74, 6) is -0.506. The number of hydrogen-bond donors (Lipinski definition) is 2. The standard InChI is InChI=1S/C20H19N5O3/c1-13-9-14(10-18(26)21-13)20(28)24-7-8-25-16(12-24)11-17(23-25)19(27)22-15-5-3-2-4-6-15/h2-6,9-11H,7-8,12H2,1H3,(H,21,26)(H,22,27). The number of carbonyl (C=O) groups is 2. The first-order valence-electron chi connectivity index (χ1n) is 8.93. The van der Waals surface area contributed by atoms with Crippen LogP contribution in [0.1, 0.15) is 32.2 Å². The summed E-state index contributed by atoms with van der Waals surface area (Å²) in [5.41, 5.74) is 2.47. The number of nitrogens with zero attached hydrogens (tertiary/aromatic N) is 3. The van der Waals surface area contributed by atoms with Gasteiger partial charge in [0.1, 0.15) is 0 Å². The molecule has 0 spiro atoms. The maximum atomic E-state index is 12.8. The quantitative estimate of drug-likeness (QED) is 0.727. The van der Waals surface area contributed by atoms with Gasteiger partial charge in [-0.3, -0.25) is 19.1 Å². The summed E-state index contributed by atoms with van der Waals surface area (Å²) in [7, 11) is 0. The third kappa shape index (κ3) is 3.57. The molecule has 1 aliphatic heterocycles. The molecular weight excluding hydrogens is 358 g/mol. The lowest BCUT2D eigenvalue weighted by Crippen LogP contribution is -2.38. The topological polar surface area (TPSA) is 100 Å². The van der Waals surface area contributed by atoms with Crippen LogP contribution in [-0.4, -0.2) is 38.0 Å². The van der Waals surface area contributed by atoms with Crippen LogP contribution in [-0.2, 0) is 13.1 Å². The Morgan fingerprint density at radius 2 is 1.89 bits per heavy atom. The first-order chi connectivity index (χ1) is 13.5. The molecule has 142 valence electrons. The fourth-order valence-electron chi connectivity index (χ4n) is 3.26. The summed E-state index contributed by atoms with van der Waals surface area (Å²) >= 11 is 0. The number of fused-ring (bicyclic) bond motifs is 1. The molecule has 2 aromatic heterocycles. The van der Waals surface area contributed by atoms with Crippen molar-refractivity contribution in [1.82, 2.24) is 19.7 Å². The van der Waals surface area contributed by atoms with Gasteiger partial charge in [-0.15, -0.1) is 0 Å². The first-order valence-corrected chi connectivity index (χ1v) is 8.93. The van der Waals surface area contributed by atoms with Crippen LogP contribution in [0.5, 0.6) is 0 Å². The van der Waals surface area contributed by atoms with Crippen LogP contribution < -0.4 is 10.9 Å². The summed E-state index contributed by atoms with van der Waals surface area (Å²) in [6.45, 7) is 3.01. The zero-order chi connectivity index (χ0) is 19.7. The number of hydrogen-bond acceptors (Lipinski definition) is 4. The molecule has 0 unspecified atom stereocenters. The number of nitrogens with one attached hydrogen (secondary N) is 2. The maximum Gasteiger partial charge on any atom is 0.276 e. The van der Waals surface area contributed by atoms with E-state index in [1.807, 2.05) is 18.2 Å². The van der Waals surface area contributed by atoms with Gasteiger partial charge in [-0.25, -0.2) is 0 Å². The van der Waals surface area contributed by atoms with Crippen molar-refractivity contribution in [2.24, 2.45) is 0 Å². The Hall–Kier alpha value is -3.68. The van der Waals surface area contributed by atoms with Crippen molar-refractivity contribution in [3.8, 4) is 0 Å². The number of carbonyl (C=O) groups excluding carboxylic acids is 2. The molecule has 1 aromatic carbocycles. The van der Waals surface area contributed by atoms with Gasteiger partial charge in [0, 0.05) is 29.6 Å². The van der Waals surface area contributed by atoms with E-state index in [2.05, 4.69) is 15.4 Å². The van der Waals surface area contributed by atoms with Crippen LogP contribution in [0.25, 0.3) is 0 Å². The lowest BCUT2D eigenvalue weighted by Gasteiger charge is -2.27. The number of benzene rings is 1. The molecule has 0 saturated carbocycles. The van der Waals surface area contributed by atoms with E-state index >= 15 is 0 Å². The Morgan fingerprint density at radius 1 is 1.11 bits per heavy atom. The van der Waals surface area contributed by atoms with Crippen LogP contribution >= 0.6 is 0 Å². The minimum atomic E-state index is -0.301. The highest BCUT2D eigenvalue weighted by Crippen LogP contribution is 2.17. The molecule has 3 heterocycles. The van der Waals surface area contributed by atoms with E-state index in [9.17, 15) is 14.4 Å². The van der Waals surface area contributed by atoms with E-state index in [-0.39, 0.29) is 17.4 Å². The average Bonchev–Trinajstić information content (AvgIpc) is 3.11. The normalized spacial score (nSPS) is 13.1. The van der Waals surface area contributed by atoms with E-state index in [1.54, 1.807) is 40.8 Å². The number of aromatic amines is 1. The van der Waals surface area contributed by atoms with E-state index in [4.69, 9.17) is 0 Å². The Bertz CT molecular complexity index is 1100. The molecule has 28 heavy (non-hydrogen) atoms. The summed E-state index contributed by atoms with van der Waals surface area (Å²) in [5, 5.41) is 7.16. The molecule has 2 N–H and O–H groups in total. The smallest absolute Gasteiger partial charge is 0.276 e. The Morgan fingerprint density at radius 3 is 2.64 bits per heavy atom. The van der Waals surface area contributed by atoms with E-state index in [0.717, 1.165) is 5.69 Å². The monoisotopic (exact) mass is 377 g/mol. The van der Waals surface area contributed by atoms with Gasteiger partial charge in [-0.05, 0) is 31.2 Å². The first kappa shape index (κ1) is 17.7. The number of amides is 2. The van der Waals surface area contributed by atoms with Crippen molar-refractivity contribution in [2.75, 3.05) is 11.9 Å².